The number of aliphatic hydroxyl groups excluding tert-OH is 2. The van der Waals surface area contributed by atoms with Gasteiger partial charge < -0.3 is 116 Å². The lowest BCUT2D eigenvalue weighted by Crippen LogP contribution is -2.63. The number of aliphatic carboxylic acids is 1. The second kappa shape index (κ2) is 43.3. The van der Waals surface area contributed by atoms with Crippen LogP contribution in [0.15, 0.2) is 0 Å². The number of nitrogens with two attached hydrogens (primary N) is 3. The van der Waals surface area contributed by atoms with E-state index in [2.05, 4.69) is 69.1 Å². The van der Waals surface area contributed by atoms with Gasteiger partial charge in [0.1, 0.15) is 78.5 Å². The molecule has 5 rings (SSSR count). The molecule has 5 aliphatic heterocycles. The van der Waals surface area contributed by atoms with Crippen LogP contribution in [0.1, 0.15) is 139 Å². The molecule has 0 unspecified atom stereocenters. The number of fused-ring (bicyclic) bond motifs is 6. The van der Waals surface area contributed by atoms with Crippen LogP contribution in [-0.2, 0) is 76.7 Å². The highest BCUT2D eigenvalue weighted by Crippen LogP contribution is 2.32. The quantitative estimate of drug-likeness (QED) is 0.0262. The summed E-state index contributed by atoms with van der Waals surface area (Å²) in [4.78, 5) is 249. The Bertz CT molecular complexity index is 3340. The third-order valence-corrected chi connectivity index (χ3v) is 22.3. The van der Waals surface area contributed by atoms with Crippen molar-refractivity contribution in [2.45, 2.75) is 228 Å². The lowest BCUT2D eigenvalue weighted by molar-refractivity contribution is -0.148. The zero-order valence-electron chi connectivity index (χ0n) is 62.5. The van der Waals surface area contributed by atoms with Crippen LogP contribution in [0, 0.1) is 29.1 Å². The molecule has 0 aromatic rings. The standard InChI is InChI=1S/C66H109N21O20S2/c1-9-31(6)45-56(100)82-61-59(103)80-47(33(8)11-3)64(106)86-22-14-17-41(86)54(98)73-35(25-44(90)91)49(93)75-37(26-67)50(94)76-38(27-68)51(95)84-66(107)81-46(32(7)10-2)57(101)83-60(108-109-61)58(102)78-40(29-89)52(96)72-34(16-12-20-71-65(69)70)48(92)77-39(28-88)53(97)74-36(24-30(4)5)62(104)87-23-15-19-43(87)63(105)85-21-13-18-42(85)55(99)79-45/h30-43,45-47,60-61,88-89H,9-29,67-68H2,1-8H3,(H,72,96)(H,73,98)(H,74,97)(H,75,93)(H,76,94)(H,77,92)(H,78,102)(H,79,99)(H,80,103)(H,82,100)(H,83,101)(H,90,91)(H4,69,70,71)(H2,81,84,95,107)/t31-,32-,33-,34-,35-,36-,37-,38-,39-,40-,41-,42-,43-,45-,46-,47-,60-,61-/m0/s1. The van der Waals surface area contributed by atoms with E-state index in [9.17, 15) is 77.6 Å². The number of carbonyl (C=O) groups is 17. The summed E-state index contributed by atoms with van der Waals surface area (Å²) < 4.78 is 0. The first-order chi connectivity index (χ1) is 51.6. The third kappa shape index (κ3) is 25.4. The number of rotatable bonds is 18. The summed E-state index contributed by atoms with van der Waals surface area (Å²) in [6.45, 7) is 9.18. The summed E-state index contributed by atoms with van der Waals surface area (Å²) in [6.07, 6.45) is -0.145. The van der Waals surface area contributed by atoms with Crippen molar-refractivity contribution in [2.75, 3.05) is 52.5 Å². The second-order valence-electron chi connectivity index (χ2n) is 28.1. The van der Waals surface area contributed by atoms with Crippen molar-refractivity contribution in [1.29, 1.82) is 5.41 Å². The maximum absolute atomic E-state index is 15.5. The summed E-state index contributed by atoms with van der Waals surface area (Å²) in [5.41, 5.74) is 17.3. The highest BCUT2D eigenvalue weighted by Gasteiger charge is 2.47. The number of carbonyl (C=O) groups excluding carboxylic acids is 16. The Hall–Kier alpha value is -9.20. The molecule has 41 nitrogen and oxygen atoms in total. The van der Waals surface area contributed by atoms with E-state index in [1.807, 2.05) is 5.32 Å². The smallest absolute Gasteiger partial charge is 0.322 e. The van der Waals surface area contributed by atoms with E-state index in [1.54, 1.807) is 48.5 Å². The topological polar surface area (TPSA) is 631 Å². The number of nitrogens with one attached hydrogen (secondary N) is 15. The van der Waals surface area contributed by atoms with E-state index in [-0.39, 0.29) is 96.3 Å². The Kier molecular flexibility index (Phi) is 35.9. The number of urea groups is 1. The molecule has 5 saturated heterocycles. The zero-order valence-corrected chi connectivity index (χ0v) is 64.1. The van der Waals surface area contributed by atoms with Crippen LogP contribution in [0.2, 0.25) is 0 Å². The number of hydrogen-bond donors (Lipinski definition) is 21. The van der Waals surface area contributed by atoms with Crippen LogP contribution in [0.5, 0.6) is 0 Å². The van der Waals surface area contributed by atoms with Crippen molar-refractivity contribution >= 4 is 128 Å². The number of carboxylic acids is 1. The first-order valence-electron chi connectivity index (χ1n) is 36.7. The van der Waals surface area contributed by atoms with E-state index in [0.29, 0.717) is 34.4 Å². The molecule has 0 aliphatic carbocycles. The van der Waals surface area contributed by atoms with Crippen molar-refractivity contribution in [3.63, 3.8) is 0 Å². The van der Waals surface area contributed by atoms with Gasteiger partial charge in [-0.3, -0.25) is 87.4 Å². The van der Waals surface area contributed by atoms with Gasteiger partial charge in [-0.15, -0.1) is 0 Å². The average Bonchev–Trinajstić information content (AvgIpc) is 1.69. The molecule has 5 heterocycles. The van der Waals surface area contributed by atoms with Gasteiger partial charge in [-0.25, -0.2) is 4.79 Å². The maximum atomic E-state index is 15.5. The maximum Gasteiger partial charge on any atom is 0.322 e. The molecule has 0 aromatic heterocycles. The number of imide groups is 1. The molecule has 0 radical (unpaired) electrons. The Morgan fingerprint density at radius 3 is 1.34 bits per heavy atom. The fourth-order valence-corrected chi connectivity index (χ4v) is 15.2. The molecule has 0 aromatic carbocycles. The van der Waals surface area contributed by atoms with E-state index < -0.39 is 246 Å². The van der Waals surface area contributed by atoms with Gasteiger partial charge in [-0.2, -0.15) is 0 Å². The van der Waals surface area contributed by atoms with Crippen LogP contribution in [-0.4, -0.2) is 278 Å². The second-order valence-corrected chi connectivity index (χ2v) is 30.6. The van der Waals surface area contributed by atoms with Gasteiger partial charge in [0.2, 0.25) is 70.9 Å². The van der Waals surface area contributed by atoms with Crippen LogP contribution in [0.3, 0.4) is 0 Å². The predicted molar refractivity (Wildman–Crippen MR) is 393 cm³/mol. The highest BCUT2D eigenvalue weighted by molar-refractivity contribution is 8.77. The third-order valence-electron chi connectivity index (χ3n) is 19.7. The van der Waals surface area contributed by atoms with Crippen molar-refractivity contribution in [3.05, 3.63) is 0 Å². The monoisotopic (exact) mass is 1580 g/mol. The molecule has 109 heavy (non-hydrogen) atoms. The molecule has 24 N–H and O–H groups in total. The number of carboxylic acid groups (broad SMARTS) is 1. The average molecular weight is 1580 g/mol. The molecule has 610 valence electrons. The van der Waals surface area contributed by atoms with Gasteiger partial charge in [0.25, 0.3) is 17.7 Å². The van der Waals surface area contributed by atoms with E-state index in [4.69, 9.17) is 22.6 Å². The molecule has 43 heteroatoms. The van der Waals surface area contributed by atoms with Crippen molar-refractivity contribution in [3.8, 4) is 0 Å². The summed E-state index contributed by atoms with van der Waals surface area (Å²) in [5.74, 6) is -21.0. The number of aliphatic hydroxyl groups is 2. The van der Waals surface area contributed by atoms with E-state index >= 15 is 19.2 Å². The molecule has 17 amide bonds. The van der Waals surface area contributed by atoms with Gasteiger partial charge in [0.05, 0.1) is 19.6 Å². The Labute approximate surface area is 638 Å². The Morgan fingerprint density at radius 1 is 0.468 bits per heavy atom. The van der Waals surface area contributed by atoms with Gasteiger partial charge >= 0.3 is 12.0 Å². The molecular weight excluding hydrogens is 1470 g/mol. The minimum atomic E-state index is -2.13. The van der Waals surface area contributed by atoms with Gasteiger partial charge in [-0.05, 0) is 81.5 Å². The van der Waals surface area contributed by atoms with Crippen molar-refractivity contribution in [1.82, 2.24) is 89.1 Å². The Balaban J connectivity index is 1.75. The SMILES string of the molecule is CC[C@H](C)[C@@H]1NC(=O)NC(=O)[C@H](CN)NC(=O)[C@H](CN)NC(=O)[C@H](CC(=O)O)NC(=O)[C@@H]2CCCN2C(=O)[C@H]([C@@H](C)CC)NC(=O)[C@H]2NC(=O)[C@H]([C@@H](C)CC)NC(=O)[C@@H]3CCCN3C(=O)[C@@H]3CCCN3C(=O)[C@H](CC(C)C)NC(=O)[C@H](CO)NC(=O)[C@H](CCCNC(=N)N)NC(=O)[C@H](CO)NC(=O)[C@@H](NC1=O)SS2. The summed E-state index contributed by atoms with van der Waals surface area (Å²) in [5, 5.41) is 68.9. The minimum absolute atomic E-state index is 0.00946. The zero-order chi connectivity index (χ0) is 81.3. The fraction of sp³-hybridized carbons (Fsp3) is 0.727. The first-order valence-corrected chi connectivity index (χ1v) is 39.0. The lowest BCUT2D eigenvalue weighted by Gasteiger charge is -2.34. The van der Waals surface area contributed by atoms with Crippen LogP contribution >= 0.6 is 21.6 Å². The van der Waals surface area contributed by atoms with E-state index in [0.717, 1.165) is 4.90 Å². The number of guanidine groups is 1. The summed E-state index contributed by atoms with van der Waals surface area (Å²) >= 11 is 0. The largest absolute Gasteiger partial charge is 0.481 e. The molecular formula is C66H109N21O20S2. The molecule has 5 aliphatic rings. The van der Waals surface area contributed by atoms with Crippen LogP contribution in [0.4, 0.5) is 4.79 Å². The minimum Gasteiger partial charge on any atom is -0.481 e. The van der Waals surface area contributed by atoms with Gasteiger partial charge in [0.15, 0.2) is 16.7 Å². The van der Waals surface area contributed by atoms with E-state index in [1.165, 1.54) is 16.7 Å². The number of hydrogen-bond acceptors (Lipinski definition) is 24. The lowest BCUT2D eigenvalue weighted by atomic mass is 9.97. The fourth-order valence-electron chi connectivity index (χ4n) is 12.8. The molecule has 18 atom stereocenters. The molecule has 0 spiro atoms. The van der Waals surface area contributed by atoms with Crippen molar-refractivity contribution in [2.24, 2.45) is 40.9 Å². The molecule has 0 saturated carbocycles. The molecule has 5 fully saturated rings. The Morgan fingerprint density at radius 2 is 0.853 bits per heavy atom. The summed E-state index contributed by atoms with van der Waals surface area (Å²) in [6, 6.07) is -22.6. The van der Waals surface area contributed by atoms with Crippen LogP contribution < -0.4 is 91.6 Å². The van der Waals surface area contributed by atoms with Gasteiger partial charge in [-0.1, -0.05) is 96.2 Å². The summed E-state index contributed by atoms with van der Waals surface area (Å²) in [7, 11) is 0.653. The van der Waals surface area contributed by atoms with Gasteiger partial charge in [0, 0.05) is 39.3 Å². The highest BCUT2D eigenvalue weighted by atomic mass is 33.1. The van der Waals surface area contributed by atoms with Crippen molar-refractivity contribution < 1.29 is 96.8 Å². The number of nitrogens with zero attached hydrogens (tertiary/aromatic N) is 3. The number of amides is 17. The predicted octanol–water partition coefficient (Wildman–Crippen LogP) is -7.37. The molecule has 2 bridgehead atoms. The van der Waals surface area contributed by atoms with Crippen LogP contribution in [0.25, 0.3) is 0 Å². The normalized spacial score (nSPS) is 29.6. The first kappa shape index (κ1) is 90.4.